The highest BCUT2D eigenvalue weighted by molar-refractivity contribution is 6.01. The van der Waals surface area contributed by atoms with Gasteiger partial charge in [0.05, 0.1) is 5.52 Å². The minimum Gasteiger partial charge on any atom is -0.341 e. The SMILES string of the molecule is CNC(=O)N(CCC=O)c1nn(C)c2cc(C)c(F)cc12. The van der Waals surface area contributed by atoms with Crippen molar-refractivity contribution < 1.29 is 14.0 Å². The number of aldehydes is 1. The number of carbonyl (C=O) groups excluding carboxylic acids is 2. The number of nitrogens with zero attached hydrogens (tertiary/aromatic N) is 3. The number of benzene rings is 1. The first kappa shape index (κ1) is 15.0. The fourth-order valence-corrected chi connectivity index (χ4v) is 2.18. The Kier molecular flexibility index (Phi) is 4.21. The summed E-state index contributed by atoms with van der Waals surface area (Å²) in [5, 5.41) is 7.33. The highest BCUT2D eigenvalue weighted by Gasteiger charge is 2.21. The van der Waals surface area contributed by atoms with Gasteiger partial charge in [0.25, 0.3) is 0 Å². The molecule has 2 rings (SSSR count). The van der Waals surface area contributed by atoms with Crippen LogP contribution in [0.15, 0.2) is 12.1 Å². The van der Waals surface area contributed by atoms with Gasteiger partial charge in [0.2, 0.25) is 0 Å². The van der Waals surface area contributed by atoms with Crippen LogP contribution in [0.4, 0.5) is 15.0 Å². The third kappa shape index (κ3) is 2.72. The quantitative estimate of drug-likeness (QED) is 0.873. The summed E-state index contributed by atoms with van der Waals surface area (Å²) in [7, 11) is 3.22. The molecule has 0 aliphatic rings. The van der Waals surface area contributed by atoms with E-state index in [1.54, 1.807) is 24.7 Å². The Labute approximate surface area is 121 Å². The zero-order valence-corrected chi connectivity index (χ0v) is 12.2. The Bertz CT molecular complexity index is 696. The van der Waals surface area contributed by atoms with Gasteiger partial charge in [-0.1, -0.05) is 0 Å². The Morgan fingerprint density at radius 2 is 2.24 bits per heavy atom. The van der Waals surface area contributed by atoms with Crippen molar-refractivity contribution in [2.45, 2.75) is 13.3 Å². The van der Waals surface area contributed by atoms with Crippen molar-refractivity contribution in [2.24, 2.45) is 7.05 Å². The third-order valence-electron chi connectivity index (χ3n) is 3.30. The summed E-state index contributed by atoms with van der Waals surface area (Å²) in [5.74, 6) is -0.0170. The van der Waals surface area contributed by atoms with Gasteiger partial charge in [0.15, 0.2) is 5.82 Å². The van der Waals surface area contributed by atoms with Gasteiger partial charge < -0.3 is 10.1 Å². The van der Waals surface area contributed by atoms with Gasteiger partial charge in [-0.2, -0.15) is 5.10 Å². The van der Waals surface area contributed by atoms with Crippen LogP contribution in [-0.4, -0.2) is 35.7 Å². The van der Waals surface area contributed by atoms with Crippen molar-refractivity contribution in [1.29, 1.82) is 0 Å². The maximum absolute atomic E-state index is 13.8. The molecule has 2 aromatic rings. The molecule has 0 fully saturated rings. The second kappa shape index (κ2) is 5.90. The van der Waals surface area contributed by atoms with Crippen molar-refractivity contribution in [3.05, 3.63) is 23.5 Å². The minimum absolute atomic E-state index is 0.180. The highest BCUT2D eigenvalue weighted by Crippen LogP contribution is 2.28. The largest absolute Gasteiger partial charge is 0.341 e. The zero-order valence-electron chi connectivity index (χ0n) is 12.2. The molecule has 1 heterocycles. The van der Waals surface area contributed by atoms with Crippen LogP contribution in [0.5, 0.6) is 0 Å². The number of halogens is 1. The van der Waals surface area contributed by atoms with Crippen molar-refractivity contribution in [3.8, 4) is 0 Å². The number of urea groups is 1. The second-order valence-corrected chi connectivity index (χ2v) is 4.73. The van der Waals surface area contributed by atoms with Crippen LogP contribution in [0, 0.1) is 12.7 Å². The lowest BCUT2D eigenvalue weighted by Gasteiger charge is -2.19. The molecule has 2 amide bonds. The number of amides is 2. The van der Waals surface area contributed by atoms with Crippen LogP contribution < -0.4 is 10.2 Å². The summed E-state index contributed by atoms with van der Waals surface area (Å²) in [6.07, 6.45) is 0.908. The standard InChI is InChI=1S/C14H17FN4O2/c1-9-7-12-10(8-11(9)15)13(17-18(12)3)19(5-4-6-20)14(21)16-2/h6-8H,4-5H2,1-3H3,(H,16,21). The Hall–Kier alpha value is -2.44. The van der Waals surface area contributed by atoms with Gasteiger partial charge in [-0.3, -0.25) is 9.58 Å². The molecule has 0 saturated heterocycles. The lowest BCUT2D eigenvalue weighted by molar-refractivity contribution is -0.107. The molecular formula is C14H17FN4O2. The normalized spacial score (nSPS) is 10.7. The number of nitrogens with one attached hydrogen (secondary N) is 1. The van der Waals surface area contributed by atoms with Gasteiger partial charge in [0.1, 0.15) is 12.1 Å². The summed E-state index contributed by atoms with van der Waals surface area (Å²) in [4.78, 5) is 23.9. The van der Waals surface area contributed by atoms with Crippen LogP contribution in [0.2, 0.25) is 0 Å². The third-order valence-corrected chi connectivity index (χ3v) is 3.30. The Morgan fingerprint density at radius 3 is 2.86 bits per heavy atom. The van der Waals surface area contributed by atoms with Gasteiger partial charge in [0, 0.05) is 32.4 Å². The second-order valence-electron chi connectivity index (χ2n) is 4.73. The van der Waals surface area contributed by atoms with E-state index in [9.17, 15) is 14.0 Å². The molecular weight excluding hydrogens is 275 g/mol. The smallest absolute Gasteiger partial charge is 0.322 e. The van der Waals surface area contributed by atoms with Gasteiger partial charge >= 0.3 is 6.03 Å². The molecule has 0 radical (unpaired) electrons. The first-order chi connectivity index (χ1) is 9.99. The van der Waals surface area contributed by atoms with Crippen LogP contribution in [0.1, 0.15) is 12.0 Å². The fraction of sp³-hybridized carbons (Fsp3) is 0.357. The molecule has 0 spiro atoms. The molecule has 0 bridgehead atoms. The number of fused-ring (bicyclic) bond motifs is 1. The predicted molar refractivity (Wildman–Crippen MR) is 77.9 cm³/mol. The minimum atomic E-state index is -0.391. The topological polar surface area (TPSA) is 67.2 Å². The molecule has 0 saturated carbocycles. The van der Waals surface area contributed by atoms with Crippen LogP contribution in [-0.2, 0) is 11.8 Å². The molecule has 0 aliphatic carbocycles. The number of aromatic nitrogens is 2. The predicted octanol–water partition coefficient (Wildman–Crippen LogP) is 1.76. The highest BCUT2D eigenvalue weighted by atomic mass is 19.1. The van der Waals surface area contributed by atoms with Crippen LogP contribution >= 0.6 is 0 Å². The molecule has 1 aromatic carbocycles. The zero-order chi connectivity index (χ0) is 15.6. The van der Waals surface area contributed by atoms with Gasteiger partial charge in [-0.05, 0) is 24.6 Å². The molecule has 112 valence electrons. The lowest BCUT2D eigenvalue weighted by atomic mass is 10.1. The molecule has 1 N–H and O–H groups in total. The average molecular weight is 292 g/mol. The van der Waals surface area contributed by atoms with Gasteiger partial charge in [-0.25, -0.2) is 9.18 Å². The number of hydrogen-bond acceptors (Lipinski definition) is 3. The molecule has 1 aromatic heterocycles. The summed E-state index contributed by atoms with van der Waals surface area (Å²) < 4.78 is 15.4. The van der Waals surface area contributed by atoms with E-state index in [0.717, 1.165) is 11.8 Å². The van der Waals surface area contributed by atoms with Gasteiger partial charge in [-0.15, -0.1) is 0 Å². The summed E-state index contributed by atoms with van der Waals surface area (Å²) in [6, 6.07) is 2.66. The summed E-state index contributed by atoms with van der Waals surface area (Å²) in [6.45, 7) is 1.86. The molecule has 21 heavy (non-hydrogen) atoms. The van der Waals surface area contributed by atoms with E-state index < -0.39 is 6.03 Å². The number of carbonyl (C=O) groups is 2. The van der Waals surface area contributed by atoms with Crippen molar-refractivity contribution in [1.82, 2.24) is 15.1 Å². The van der Waals surface area contributed by atoms with E-state index in [2.05, 4.69) is 10.4 Å². The number of hydrogen-bond donors (Lipinski definition) is 1. The molecule has 0 aliphatic heterocycles. The van der Waals surface area contributed by atoms with Crippen molar-refractivity contribution >= 4 is 29.0 Å². The number of aryl methyl sites for hydroxylation is 2. The summed E-state index contributed by atoms with van der Waals surface area (Å²) >= 11 is 0. The Morgan fingerprint density at radius 1 is 1.52 bits per heavy atom. The maximum atomic E-state index is 13.8. The Balaban J connectivity index is 2.59. The van der Waals surface area contributed by atoms with Crippen molar-refractivity contribution in [3.63, 3.8) is 0 Å². The lowest BCUT2D eigenvalue weighted by Crippen LogP contribution is -2.39. The summed E-state index contributed by atoms with van der Waals surface area (Å²) in [5.41, 5.74) is 1.24. The monoisotopic (exact) mass is 292 g/mol. The number of anilines is 1. The van der Waals surface area contributed by atoms with E-state index in [1.807, 2.05) is 0 Å². The first-order valence-electron chi connectivity index (χ1n) is 6.55. The average Bonchev–Trinajstić information content (AvgIpc) is 2.76. The fourth-order valence-electron chi connectivity index (χ4n) is 2.18. The molecule has 0 unspecified atom stereocenters. The molecule has 0 atom stereocenters. The van der Waals surface area contributed by atoms with Crippen LogP contribution in [0.25, 0.3) is 10.9 Å². The van der Waals surface area contributed by atoms with Crippen LogP contribution in [0.3, 0.4) is 0 Å². The first-order valence-corrected chi connectivity index (χ1v) is 6.55. The van der Waals surface area contributed by atoms with E-state index in [0.29, 0.717) is 16.8 Å². The van der Waals surface area contributed by atoms with Crippen molar-refractivity contribution in [2.75, 3.05) is 18.5 Å². The van der Waals surface area contributed by atoms with E-state index in [1.165, 1.54) is 18.0 Å². The van der Waals surface area contributed by atoms with E-state index in [4.69, 9.17) is 0 Å². The van der Waals surface area contributed by atoms with E-state index in [-0.39, 0.29) is 18.8 Å². The number of rotatable bonds is 4. The molecule has 7 heteroatoms. The maximum Gasteiger partial charge on any atom is 0.322 e. The molecule has 6 nitrogen and oxygen atoms in total. The van der Waals surface area contributed by atoms with E-state index >= 15 is 0 Å².